The van der Waals surface area contributed by atoms with Crippen molar-refractivity contribution in [3.05, 3.63) is 29.8 Å². The summed E-state index contributed by atoms with van der Waals surface area (Å²) in [4.78, 5) is 4.92. The normalized spacial score (nSPS) is 17.8. The Balaban J connectivity index is 1.97. The molecule has 1 aromatic carbocycles. The van der Waals surface area contributed by atoms with E-state index in [1.807, 2.05) is 0 Å². The fourth-order valence-corrected chi connectivity index (χ4v) is 2.58. The summed E-state index contributed by atoms with van der Waals surface area (Å²) in [7, 11) is 0. The summed E-state index contributed by atoms with van der Waals surface area (Å²) in [5.41, 5.74) is 8.59. The zero-order chi connectivity index (χ0) is 13.9. The molecule has 0 saturated carbocycles. The molecule has 0 unspecified atom stereocenters. The van der Waals surface area contributed by atoms with Gasteiger partial charge in [0.25, 0.3) is 0 Å². The minimum Gasteiger partial charge on any atom is -0.369 e. The second-order valence-electron chi connectivity index (χ2n) is 6.41. The Bertz CT molecular complexity index is 383. The van der Waals surface area contributed by atoms with Gasteiger partial charge in [-0.25, -0.2) is 0 Å². The average Bonchev–Trinajstić information content (AvgIpc) is 2.39. The van der Waals surface area contributed by atoms with E-state index in [4.69, 9.17) is 5.73 Å². The predicted molar refractivity (Wildman–Crippen MR) is 82.8 cm³/mol. The van der Waals surface area contributed by atoms with Crippen molar-refractivity contribution in [1.82, 2.24) is 4.90 Å². The molecule has 1 aliphatic heterocycles. The lowest BCUT2D eigenvalue weighted by Gasteiger charge is -2.36. The van der Waals surface area contributed by atoms with Crippen LogP contribution in [0.1, 0.15) is 26.3 Å². The molecule has 0 bridgehead atoms. The van der Waals surface area contributed by atoms with Crippen molar-refractivity contribution in [3.63, 3.8) is 0 Å². The lowest BCUT2D eigenvalue weighted by Crippen LogP contribution is -2.47. The highest BCUT2D eigenvalue weighted by molar-refractivity contribution is 5.49. The molecule has 19 heavy (non-hydrogen) atoms. The molecule has 1 fully saturated rings. The molecule has 1 saturated heterocycles. The van der Waals surface area contributed by atoms with Crippen LogP contribution in [0.4, 0.5) is 5.69 Å². The van der Waals surface area contributed by atoms with E-state index in [2.05, 4.69) is 54.8 Å². The molecule has 1 heterocycles. The van der Waals surface area contributed by atoms with Crippen molar-refractivity contribution in [2.24, 2.45) is 5.73 Å². The van der Waals surface area contributed by atoms with Crippen LogP contribution in [0.2, 0.25) is 0 Å². The quantitative estimate of drug-likeness (QED) is 0.904. The number of hydrogen-bond acceptors (Lipinski definition) is 3. The van der Waals surface area contributed by atoms with Gasteiger partial charge in [0.15, 0.2) is 0 Å². The van der Waals surface area contributed by atoms with Crippen LogP contribution >= 0.6 is 0 Å². The molecule has 2 N–H and O–H groups in total. The van der Waals surface area contributed by atoms with Crippen LogP contribution in [0, 0.1) is 0 Å². The molecule has 2 rings (SSSR count). The third kappa shape index (κ3) is 3.71. The molecule has 1 aromatic rings. The number of benzene rings is 1. The van der Waals surface area contributed by atoms with E-state index in [-0.39, 0.29) is 5.41 Å². The van der Waals surface area contributed by atoms with Gasteiger partial charge in [0.2, 0.25) is 0 Å². The first-order chi connectivity index (χ1) is 9.00. The maximum Gasteiger partial charge on any atom is 0.0367 e. The molecular weight excluding hydrogens is 234 g/mol. The highest BCUT2D eigenvalue weighted by Crippen LogP contribution is 2.25. The van der Waals surface area contributed by atoms with Crippen molar-refractivity contribution in [2.45, 2.75) is 26.2 Å². The molecule has 0 amide bonds. The first-order valence-corrected chi connectivity index (χ1v) is 7.28. The van der Waals surface area contributed by atoms with E-state index in [0.717, 1.165) is 39.3 Å². The molecule has 0 atom stereocenters. The summed E-state index contributed by atoms with van der Waals surface area (Å²) >= 11 is 0. The number of anilines is 1. The highest BCUT2D eigenvalue weighted by Gasteiger charge is 2.18. The molecule has 0 aliphatic carbocycles. The lowest BCUT2D eigenvalue weighted by atomic mass is 9.87. The molecule has 0 radical (unpaired) electrons. The topological polar surface area (TPSA) is 32.5 Å². The van der Waals surface area contributed by atoms with Crippen LogP contribution in [-0.4, -0.2) is 44.2 Å². The van der Waals surface area contributed by atoms with Crippen molar-refractivity contribution >= 4 is 5.69 Å². The smallest absolute Gasteiger partial charge is 0.0367 e. The van der Waals surface area contributed by atoms with Crippen LogP contribution in [0.3, 0.4) is 0 Å². The van der Waals surface area contributed by atoms with Gasteiger partial charge in [0.1, 0.15) is 0 Å². The van der Waals surface area contributed by atoms with Gasteiger partial charge in [-0.3, -0.25) is 4.90 Å². The van der Waals surface area contributed by atoms with Crippen molar-refractivity contribution < 1.29 is 0 Å². The maximum atomic E-state index is 5.61. The zero-order valence-electron chi connectivity index (χ0n) is 12.5. The summed E-state index contributed by atoms with van der Waals surface area (Å²) in [5, 5.41) is 0. The van der Waals surface area contributed by atoms with E-state index in [1.165, 1.54) is 11.3 Å². The average molecular weight is 261 g/mol. The fraction of sp³-hybridized carbons (Fsp3) is 0.625. The van der Waals surface area contributed by atoms with Gasteiger partial charge in [0.05, 0.1) is 0 Å². The van der Waals surface area contributed by atoms with Gasteiger partial charge in [0, 0.05) is 45.0 Å². The van der Waals surface area contributed by atoms with Gasteiger partial charge in [-0.2, -0.15) is 0 Å². The Morgan fingerprint density at radius 1 is 1.00 bits per heavy atom. The number of hydrogen-bond donors (Lipinski definition) is 1. The van der Waals surface area contributed by atoms with Crippen LogP contribution in [0.5, 0.6) is 0 Å². The lowest BCUT2D eigenvalue weighted by molar-refractivity contribution is 0.265. The third-order valence-corrected chi connectivity index (χ3v) is 3.92. The largest absolute Gasteiger partial charge is 0.369 e. The zero-order valence-corrected chi connectivity index (χ0v) is 12.5. The standard InChI is InChI=1S/C16H27N3/c1-16(2,3)14-4-6-15(7-5-14)19-12-10-18(9-8-17)11-13-19/h4-7H,8-13,17H2,1-3H3. The Hall–Kier alpha value is -1.06. The minimum atomic E-state index is 0.234. The Morgan fingerprint density at radius 3 is 2.05 bits per heavy atom. The van der Waals surface area contributed by atoms with E-state index in [0.29, 0.717) is 0 Å². The van der Waals surface area contributed by atoms with E-state index in [9.17, 15) is 0 Å². The van der Waals surface area contributed by atoms with Crippen LogP contribution in [-0.2, 0) is 5.41 Å². The first-order valence-electron chi connectivity index (χ1n) is 7.28. The van der Waals surface area contributed by atoms with E-state index in [1.54, 1.807) is 0 Å². The molecule has 1 aliphatic rings. The fourth-order valence-electron chi connectivity index (χ4n) is 2.58. The third-order valence-electron chi connectivity index (χ3n) is 3.92. The second-order valence-corrected chi connectivity index (χ2v) is 6.41. The minimum absolute atomic E-state index is 0.234. The summed E-state index contributed by atoms with van der Waals surface area (Å²) in [6, 6.07) is 9.06. The first kappa shape index (κ1) is 14.4. The van der Waals surface area contributed by atoms with Crippen LogP contribution < -0.4 is 10.6 Å². The SMILES string of the molecule is CC(C)(C)c1ccc(N2CCN(CCN)CC2)cc1. The monoisotopic (exact) mass is 261 g/mol. The van der Waals surface area contributed by atoms with Crippen LogP contribution in [0.15, 0.2) is 24.3 Å². The van der Waals surface area contributed by atoms with Gasteiger partial charge in [-0.15, -0.1) is 0 Å². The Labute approximate surface area is 117 Å². The number of piperazine rings is 1. The summed E-state index contributed by atoms with van der Waals surface area (Å²) in [5.74, 6) is 0. The number of rotatable bonds is 3. The Kier molecular flexibility index (Phi) is 4.48. The maximum absolute atomic E-state index is 5.61. The number of nitrogens with two attached hydrogens (primary N) is 1. The summed E-state index contributed by atoms with van der Waals surface area (Å²) < 4.78 is 0. The van der Waals surface area contributed by atoms with Gasteiger partial charge >= 0.3 is 0 Å². The molecule has 0 aromatic heterocycles. The molecule has 106 valence electrons. The highest BCUT2D eigenvalue weighted by atomic mass is 15.3. The van der Waals surface area contributed by atoms with Gasteiger partial charge in [-0.1, -0.05) is 32.9 Å². The van der Waals surface area contributed by atoms with Crippen molar-refractivity contribution in [1.29, 1.82) is 0 Å². The second kappa shape index (κ2) is 5.93. The van der Waals surface area contributed by atoms with Gasteiger partial charge < -0.3 is 10.6 Å². The van der Waals surface area contributed by atoms with Crippen molar-refractivity contribution in [3.8, 4) is 0 Å². The molecule has 0 spiro atoms. The van der Waals surface area contributed by atoms with Crippen molar-refractivity contribution in [2.75, 3.05) is 44.2 Å². The molecular formula is C16H27N3. The summed E-state index contributed by atoms with van der Waals surface area (Å²) in [6.07, 6.45) is 0. The molecule has 3 nitrogen and oxygen atoms in total. The van der Waals surface area contributed by atoms with E-state index >= 15 is 0 Å². The predicted octanol–water partition coefficient (Wildman–Crippen LogP) is 2.06. The summed E-state index contributed by atoms with van der Waals surface area (Å²) in [6.45, 7) is 13.0. The number of nitrogens with zero attached hydrogens (tertiary/aromatic N) is 2. The molecule has 3 heteroatoms. The van der Waals surface area contributed by atoms with E-state index < -0.39 is 0 Å². The van der Waals surface area contributed by atoms with Crippen LogP contribution in [0.25, 0.3) is 0 Å². The Morgan fingerprint density at radius 2 is 1.58 bits per heavy atom. The van der Waals surface area contributed by atoms with Gasteiger partial charge in [-0.05, 0) is 23.1 Å².